The minimum Gasteiger partial charge on any atom is -0.462 e. The molecule has 0 aliphatic carbocycles. The Morgan fingerprint density at radius 2 is 0.672 bits per heavy atom. The van der Waals surface area contributed by atoms with Crippen LogP contribution in [-0.4, -0.2) is 37.2 Å². The standard InChI is InChI=1S/C55H94O6/c1-4-7-10-13-16-19-22-25-27-28-31-33-36-39-42-45-48-54(57)60-51-52(50-59-53(56)47-44-41-38-35-32-29-24-21-18-15-12-9-6-3)61-55(58)49-46-43-40-37-34-30-26-23-20-17-14-11-8-5-2/h9,12,15,18,21,24,27-29,32,35,38,52H,4-8,10-11,13-14,16-17,19-20,22-23,25-26,30-31,33-34,36-37,39-51H2,1-3H3/b12-9-,18-15-,24-21-,28-27-,32-29-,38-35-. The van der Waals surface area contributed by atoms with E-state index in [0.29, 0.717) is 19.3 Å². The van der Waals surface area contributed by atoms with Crippen molar-refractivity contribution in [3.05, 3.63) is 72.9 Å². The number of esters is 3. The number of hydrogen-bond donors (Lipinski definition) is 0. The van der Waals surface area contributed by atoms with Crippen LogP contribution >= 0.6 is 0 Å². The molecule has 6 nitrogen and oxygen atoms in total. The summed E-state index contributed by atoms with van der Waals surface area (Å²) in [4.78, 5) is 37.9. The monoisotopic (exact) mass is 851 g/mol. The zero-order chi connectivity index (χ0) is 44.4. The highest BCUT2D eigenvalue weighted by Crippen LogP contribution is 2.15. The first-order chi connectivity index (χ1) is 30.0. The SMILES string of the molecule is CC\C=C/C=C\C=C/C=C\C=C/CCCC(=O)OCC(COC(=O)CCCCCCC/C=C\CCCCCCCCC)OC(=O)CCCCCCCCCCCCCCCC. The van der Waals surface area contributed by atoms with Crippen LogP contribution in [-0.2, 0) is 28.6 Å². The number of carbonyl (C=O) groups is 3. The quantitative estimate of drug-likeness (QED) is 0.0200. The van der Waals surface area contributed by atoms with Crippen LogP contribution in [0.25, 0.3) is 0 Å². The first-order valence-corrected chi connectivity index (χ1v) is 25.5. The van der Waals surface area contributed by atoms with E-state index in [0.717, 1.165) is 57.8 Å². The van der Waals surface area contributed by atoms with Crippen molar-refractivity contribution >= 4 is 17.9 Å². The van der Waals surface area contributed by atoms with Gasteiger partial charge in [0, 0.05) is 19.3 Å². The van der Waals surface area contributed by atoms with E-state index in [1.54, 1.807) is 0 Å². The summed E-state index contributed by atoms with van der Waals surface area (Å²) in [6.45, 7) is 6.42. The molecule has 0 spiro atoms. The molecule has 0 saturated heterocycles. The van der Waals surface area contributed by atoms with Crippen LogP contribution in [0, 0.1) is 0 Å². The molecule has 0 radical (unpaired) electrons. The van der Waals surface area contributed by atoms with Gasteiger partial charge in [-0.1, -0.05) is 235 Å². The summed E-state index contributed by atoms with van der Waals surface area (Å²) in [6.07, 6.45) is 61.8. The molecule has 0 aliphatic heterocycles. The Morgan fingerprint density at radius 1 is 0.344 bits per heavy atom. The van der Waals surface area contributed by atoms with Gasteiger partial charge in [0.05, 0.1) is 0 Å². The molecule has 0 aromatic heterocycles. The van der Waals surface area contributed by atoms with Gasteiger partial charge in [-0.15, -0.1) is 0 Å². The van der Waals surface area contributed by atoms with E-state index < -0.39 is 6.10 Å². The Bertz CT molecular complexity index is 1160. The van der Waals surface area contributed by atoms with Gasteiger partial charge in [-0.05, 0) is 57.8 Å². The van der Waals surface area contributed by atoms with Crippen molar-refractivity contribution in [2.75, 3.05) is 13.2 Å². The lowest BCUT2D eigenvalue weighted by Gasteiger charge is -2.18. The molecule has 0 aromatic rings. The molecule has 1 unspecified atom stereocenters. The van der Waals surface area contributed by atoms with E-state index in [9.17, 15) is 14.4 Å². The molecule has 6 heteroatoms. The van der Waals surface area contributed by atoms with Gasteiger partial charge < -0.3 is 14.2 Å². The normalized spacial score (nSPS) is 12.6. The fourth-order valence-electron chi connectivity index (χ4n) is 7.00. The zero-order valence-corrected chi connectivity index (χ0v) is 39.9. The summed E-state index contributed by atoms with van der Waals surface area (Å²) in [5.74, 6) is -0.982. The minimum atomic E-state index is -0.804. The molecule has 0 amide bonds. The molecular weight excluding hydrogens is 757 g/mol. The second-order valence-corrected chi connectivity index (χ2v) is 16.8. The maximum Gasteiger partial charge on any atom is 0.306 e. The van der Waals surface area contributed by atoms with Gasteiger partial charge in [0.15, 0.2) is 6.10 Å². The minimum absolute atomic E-state index is 0.101. The lowest BCUT2D eigenvalue weighted by molar-refractivity contribution is -0.167. The van der Waals surface area contributed by atoms with E-state index in [2.05, 4.69) is 39.0 Å². The Kier molecular flexibility index (Phi) is 46.9. The molecule has 0 rings (SSSR count). The average molecular weight is 851 g/mol. The van der Waals surface area contributed by atoms with Crippen molar-refractivity contribution < 1.29 is 28.6 Å². The van der Waals surface area contributed by atoms with E-state index >= 15 is 0 Å². The Morgan fingerprint density at radius 3 is 1.10 bits per heavy atom. The average Bonchev–Trinajstić information content (AvgIpc) is 3.26. The first kappa shape index (κ1) is 57.9. The molecule has 0 saturated carbocycles. The summed E-state index contributed by atoms with van der Waals surface area (Å²) < 4.78 is 16.7. The lowest BCUT2D eigenvalue weighted by Crippen LogP contribution is -2.30. The van der Waals surface area contributed by atoms with Crippen LogP contribution < -0.4 is 0 Å². The fourth-order valence-corrected chi connectivity index (χ4v) is 7.00. The van der Waals surface area contributed by atoms with Crippen molar-refractivity contribution in [3.63, 3.8) is 0 Å². The molecule has 0 aromatic carbocycles. The van der Waals surface area contributed by atoms with Crippen LogP contribution in [0.5, 0.6) is 0 Å². The summed E-state index contributed by atoms with van der Waals surface area (Å²) in [7, 11) is 0. The van der Waals surface area contributed by atoms with Crippen molar-refractivity contribution in [2.24, 2.45) is 0 Å². The molecule has 61 heavy (non-hydrogen) atoms. The van der Waals surface area contributed by atoms with Crippen LogP contribution in [0.3, 0.4) is 0 Å². The fraction of sp³-hybridized carbons (Fsp3) is 0.727. The Hall–Kier alpha value is -3.15. The second kappa shape index (κ2) is 49.5. The summed E-state index contributed by atoms with van der Waals surface area (Å²) in [6, 6.07) is 0. The molecule has 0 aliphatic rings. The third-order valence-electron chi connectivity index (χ3n) is 10.8. The van der Waals surface area contributed by atoms with E-state index in [-0.39, 0.29) is 37.5 Å². The number of allylic oxidation sites excluding steroid dienone is 12. The van der Waals surface area contributed by atoms with Gasteiger partial charge in [0.2, 0.25) is 0 Å². The van der Waals surface area contributed by atoms with Gasteiger partial charge in [0.25, 0.3) is 0 Å². The summed E-state index contributed by atoms with van der Waals surface area (Å²) in [5, 5.41) is 0. The smallest absolute Gasteiger partial charge is 0.306 e. The number of ether oxygens (including phenoxy) is 3. The van der Waals surface area contributed by atoms with Crippen LogP contribution in [0.2, 0.25) is 0 Å². The molecule has 1 atom stereocenters. The van der Waals surface area contributed by atoms with E-state index in [1.807, 2.05) is 54.7 Å². The number of unbranched alkanes of at least 4 members (excludes halogenated alkanes) is 26. The number of rotatable bonds is 45. The second-order valence-electron chi connectivity index (χ2n) is 16.8. The van der Waals surface area contributed by atoms with Crippen LogP contribution in [0.1, 0.15) is 239 Å². The first-order valence-electron chi connectivity index (χ1n) is 25.5. The topological polar surface area (TPSA) is 78.9 Å². The highest BCUT2D eigenvalue weighted by Gasteiger charge is 2.19. The predicted octanol–water partition coefficient (Wildman–Crippen LogP) is 16.6. The zero-order valence-electron chi connectivity index (χ0n) is 39.9. The highest BCUT2D eigenvalue weighted by atomic mass is 16.6. The molecule has 0 fully saturated rings. The molecule has 0 N–H and O–H groups in total. The predicted molar refractivity (Wildman–Crippen MR) is 261 cm³/mol. The summed E-state index contributed by atoms with van der Waals surface area (Å²) in [5.41, 5.74) is 0. The van der Waals surface area contributed by atoms with Crippen LogP contribution in [0.15, 0.2) is 72.9 Å². The molecule has 0 bridgehead atoms. The maximum absolute atomic E-state index is 12.8. The van der Waals surface area contributed by atoms with Gasteiger partial charge >= 0.3 is 17.9 Å². The lowest BCUT2D eigenvalue weighted by atomic mass is 10.0. The highest BCUT2D eigenvalue weighted by molar-refractivity contribution is 5.71. The van der Waals surface area contributed by atoms with Crippen molar-refractivity contribution in [1.82, 2.24) is 0 Å². The Labute approximate surface area is 376 Å². The van der Waals surface area contributed by atoms with Gasteiger partial charge in [-0.2, -0.15) is 0 Å². The molecule has 350 valence electrons. The molecular formula is C55H94O6. The van der Waals surface area contributed by atoms with E-state index in [4.69, 9.17) is 14.2 Å². The third-order valence-corrected chi connectivity index (χ3v) is 10.8. The number of hydrogen-bond acceptors (Lipinski definition) is 6. The summed E-state index contributed by atoms with van der Waals surface area (Å²) >= 11 is 0. The number of carbonyl (C=O) groups excluding carboxylic acids is 3. The van der Waals surface area contributed by atoms with Crippen molar-refractivity contribution in [1.29, 1.82) is 0 Å². The largest absolute Gasteiger partial charge is 0.462 e. The van der Waals surface area contributed by atoms with E-state index in [1.165, 1.54) is 135 Å². The van der Waals surface area contributed by atoms with Gasteiger partial charge in [-0.25, -0.2) is 0 Å². The molecule has 0 heterocycles. The van der Waals surface area contributed by atoms with Crippen molar-refractivity contribution in [3.8, 4) is 0 Å². The van der Waals surface area contributed by atoms with Gasteiger partial charge in [-0.3, -0.25) is 14.4 Å². The maximum atomic E-state index is 12.8. The third kappa shape index (κ3) is 47.7. The van der Waals surface area contributed by atoms with Crippen molar-refractivity contribution in [2.45, 2.75) is 245 Å². The Balaban J connectivity index is 4.47. The van der Waals surface area contributed by atoms with Crippen LogP contribution in [0.4, 0.5) is 0 Å². The van der Waals surface area contributed by atoms with Gasteiger partial charge in [0.1, 0.15) is 13.2 Å².